The van der Waals surface area contributed by atoms with Crippen molar-refractivity contribution in [3.05, 3.63) is 0 Å². The zero-order chi connectivity index (χ0) is 13.3. The molecule has 3 nitrogen and oxygen atoms in total. The van der Waals surface area contributed by atoms with Crippen LogP contribution in [-0.2, 0) is 9.09 Å². The van der Waals surface area contributed by atoms with Crippen LogP contribution in [-0.4, -0.2) is 24.6 Å². The van der Waals surface area contributed by atoms with Gasteiger partial charge >= 0.3 is 6.18 Å². The molecular formula is C9H14F4O3P-. The number of halogens is 4. The first-order chi connectivity index (χ1) is 7.65. The van der Waals surface area contributed by atoms with Gasteiger partial charge in [-0.15, -0.1) is 0 Å². The van der Waals surface area contributed by atoms with Crippen molar-refractivity contribution in [3.8, 4) is 0 Å². The van der Waals surface area contributed by atoms with E-state index in [2.05, 4.69) is 4.52 Å². The summed E-state index contributed by atoms with van der Waals surface area (Å²) >= 11 is 0. The van der Waals surface area contributed by atoms with Gasteiger partial charge in [0, 0.05) is 7.11 Å². The highest BCUT2D eigenvalue weighted by Crippen LogP contribution is 2.62. The second-order valence-electron chi connectivity index (χ2n) is 4.29. The van der Waals surface area contributed by atoms with E-state index < -0.39 is 31.5 Å². The SMILES string of the molecule is COP(=O)([O-])C1(CC(F)(F)F)CCCCC1F. The van der Waals surface area contributed by atoms with Crippen molar-refractivity contribution in [2.24, 2.45) is 0 Å². The Labute approximate surface area is 96.7 Å². The normalized spacial score (nSPS) is 34.4. The van der Waals surface area contributed by atoms with Gasteiger partial charge in [-0.1, -0.05) is 12.8 Å². The zero-order valence-electron chi connectivity index (χ0n) is 9.30. The molecule has 0 aromatic carbocycles. The van der Waals surface area contributed by atoms with Gasteiger partial charge in [-0.3, -0.25) is 0 Å². The minimum atomic E-state index is -4.88. The van der Waals surface area contributed by atoms with E-state index in [0.717, 1.165) is 7.11 Å². The molecule has 1 aliphatic rings. The summed E-state index contributed by atoms with van der Waals surface area (Å²) in [5.41, 5.74) is 0. The maximum Gasteiger partial charge on any atom is 0.390 e. The predicted octanol–water partition coefficient (Wildman–Crippen LogP) is 2.79. The quantitative estimate of drug-likeness (QED) is 0.588. The fourth-order valence-corrected chi connectivity index (χ4v) is 3.95. The second-order valence-corrected chi connectivity index (χ2v) is 6.54. The van der Waals surface area contributed by atoms with Crippen LogP contribution < -0.4 is 4.89 Å². The van der Waals surface area contributed by atoms with Crippen LogP contribution in [0.5, 0.6) is 0 Å². The fraction of sp³-hybridized carbons (Fsp3) is 1.00. The lowest BCUT2D eigenvalue weighted by atomic mass is 9.84. The molecule has 0 aromatic heterocycles. The molecule has 1 saturated carbocycles. The molecule has 3 atom stereocenters. The highest BCUT2D eigenvalue weighted by molar-refractivity contribution is 7.53. The van der Waals surface area contributed by atoms with Crippen molar-refractivity contribution in [1.29, 1.82) is 0 Å². The van der Waals surface area contributed by atoms with Crippen molar-refractivity contribution in [2.75, 3.05) is 7.11 Å². The highest BCUT2D eigenvalue weighted by Gasteiger charge is 2.55. The minimum Gasteiger partial charge on any atom is -0.778 e. The van der Waals surface area contributed by atoms with Gasteiger partial charge in [0.15, 0.2) is 0 Å². The third kappa shape index (κ3) is 3.01. The molecule has 17 heavy (non-hydrogen) atoms. The molecule has 0 bridgehead atoms. The van der Waals surface area contributed by atoms with E-state index in [9.17, 15) is 27.0 Å². The molecule has 1 rings (SSSR count). The van der Waals surface area contributed by atoms with Gasteiger partial charge < -0.3 is 14.0 Å². The molecule has 0 heterocycles. The first-order valence-electron chi connectivity index (χ1n) is 5.22. The van der Waals surface area contributed by atoms with Crippen LogP contribution in [0.3, 0.4) is 0 Å². The molecule has 102 valence electrons. The lowest BCUT2D eigenvalue weighted by Gasteiger charge is -2.47. The number of alkyl halides is 4. The van der Waals surface area contributed by atoms with Crippen LogP contribution in [0.15, 0.2) is 0 Å². The first kappa shape index (κ1) is 14.9. The van der Waals surface area contributed by atoms with E-state index in [-0.39, 0.29) is 19.3 Å². The topological polar surface area (TPSA) is 49.4 Å². The predicted molar refractivity (Wildman–Crippen MR) is 51.4 cm³/mol. The summed E-state index contributed by atoms with van der Waals surface area (Å²) in [5, 5.41) is -2.45. The van der Waals surface area contributed by atoms with Crippen molar-refractivity contribution in [1.82, 2.24) is 0 Å². The van der Waals surface area contributed by atoms with Gasteiger partial charge in [-0.2, -0.15) is 13.2 Å². The Morgan fingerprint density at radius 3 is 2.47 bits per heavy atom. The fourth-order valence-electron chi connectivity index (χ4n) is 2.31. The van der Waals surface area contributed by atoms with Gasteiger partial charge in [0.2, 0.25) is 0 Å². The Bertz CT molecular complexity index is 320. The summed E-state index contributed by atoms with van der Waals surface area (Å²) in [6.07, 6.45) is -8.32. The lowest BCUT2D eigenvalue weighted by Crippen LogP contribution is -2.48. The molecule has 0 aliphatic heterocycles. The molecule has 0 spiro atoms. The van der Waals surface area contributed by atoms with Crippen LogP contribution in [0.4, 0.5) is 17.6 Å². The van der Waals surface area contributed by atoms with Crippen molar-refractivity contribution in [2.45, 2.75) is 49.6 Å². The smallest absolute Gasteiger partial charge is 0.390 e. The van der Waals surface area contributed by atoms with Gasteiger partial charge in [0.25, 0.3) is 0 Å². The molecule has 8 heteroatoms. The molecule has 0 N–H and O–H groups in total. The van der Waals surface area contributed by atoms with Gasteiger partial charge in [-0.25, -0.2) is 4.39 Å². The average Bonchev–Trinajstić information content (AvgIpc) is 2.19. The third-order valence-electron chi connectivity index (χ3n) is 3.19. The Morgan fingerprint density at radius 1 is 1.47 bits per heavy atom. The van der Waals surface area contributed by atoms with E-state index in [0.29, 0.717) is 6.42 Å². The van der Waals surface area contributed by atoms with Crippen molar-refractivity contribution in [3.63, 3.8) is 0 Å². The summed E-state index contributed by atoms with van der Waals surface area (Å²) in [5.74, 6) is 0. The van der Waals surface area contributed by atoms with E-state index in [1.54, 1.807) is 0 Å². The van der Waals surface area contributed by atoms with Crippen LogP contribution in [0.25, 0.3) is 0 Å². The van der Waals surface area contributed by atoms with Gasteiger partial charge in [0.1, 0.15) is 13.8 Å². The van der Waals surface area contributed by atoms with E-state index >= 15 is 0 Å². The van der Waals surface area contributed by atoms with Gasteiger partial charge in [-0.05, 0) is 12.8 Å². The molecule has 0 amide bonds. The van der Waals surface area contributed by atoms with Gasteiger partial charge in [0.05, 0.1) is 11.6 Å². The number of rotatable bonds is 3. The summed E-state index contributed by atoms with van der Waals surface area (Å²) in [6, 6.07) is 0. The number of hydrogen-bond acceptors (Lipinski definition) is 3. The number of hydrogen-bond donors (Lipinski definition) is 0. The molecule has 1 fully saturated rings. The van der Waals surface area contributed by atoms with E-state index in [1.165, 1.54) is 0 Å². The first-order valence-corrected chi connectivity index (χ1v) is 6.76. The third-order valence-corrected chi connectivity index (χ3v) is 5.43. The summed E-state index contributed by atoms with van der Waals surface area (Å²) in [6.45, 7) is 0. The molecule has 0 saturated heterocycles. The summed E-state index contributed by atoms with van der Waals surface area (Å²) in [7, 11) is -4.11. The zero-order valence-corrected chi connectivity index (χ0v) is 10.2. The van der Waals surface area contributed by atoms with Crippen molar-refractivity contribution >= 4 is 7.60 Å². The lowest BCUT2D eigenvalue weighted by molar-refractivity contribution is -0.215. The molecular weight excluding hydrogens is 263 g/mol. The molecule has 3 unspecified atom stereocenters. The van der Waals surface area contributed by atoms with Crippen LogP contribution in [0.2, 0.25) is 0 Å². The molecule has 0 aromatic rings. The van der Waals surface area contributed by atoms with Crippen LogP contribution >= 0.6 is 7.60 Å². The van der Waals surface area contributed by atoms with E-state index in [1.807, 2.05) is 0 Å². The minimum absolute atomic E-state index is 0.175. The van der Waals surface area contributed by atoms with E-state index in [4.69, 9.17) is 0 Å². The Kier molecular flexibility index (Phi) is 4.27. The second kappa shape index (κ2) is 4.86. The Hall–Kier alpha value is -0.130. The molecule has 0 radical (unpaired) electrons. The Morgan fingerprint density at radius 2 is 2.06 bits per heavy atom. The maximum atomic E-state index is 13.8. The van der Waals surface area contributed by atoms with Crippen molar-refractivity contribution < 1.29 is 31.5 Å². The maximum absolute atomic E-state index is 13.8. The summed E-state index contributed by atoms with van der Waals surface area (Å²) < 4.78 is 66.9. The average molecular weight is 277 g/mol. The largest absolute Gasteiger partial charge is 0.778 e. The monoisotopic (exact) mass is 277 g/mol. The van der Waals surface area contributed by atoms with Crippen LogP contribution in [0.1, 0.15) is 32.1 Å². The highest BCUT2D eigenvalue weighted by atomic mass is 31.2. The molecule has 1 aliphatic carbocycles. The summed E-state index contributed by atoms with van der Waals surface area (Å²) in [4.78, 5) is 11.6. The standard InChI is InChI=1S/C9H15F4O3P/c1-16-17(14,15)8(6-9(11,12)13)5-3-2-4-7(8)10/h7H,2-6H2,1H3,(H,14,15)/p-1. The Balaban J connectivity index is 3.12. The van der Waals surface area contributed by atoms with Crippen LogP contribution in [0, 0.1) is 0 Å².